The normalized spacial score (nSPS) is 19.7. The van der Waals surface area contributed by atoms with Crippen LogP contribution in [0.25, 0.3) is 0 Å². The minimum Gasteiger partial charge on any atom is -0.357 e. The van der Waals surface area contributed by atoms with Gasteiger partial charge in [-0.1, -0.05) is 0 Å². The zero-order chi connectivity index (χ0) is 11.5. The summed E-state index contributed by atoms with van der Waals surface area (Å²) in [5, 5.41) is 3.39. The van der Waals surface area contributed by atoms with Crippen LogP contribution in [-0.2, 0) is 0 Å². The molecule has 2 saturated heterocycles. The van der Waals surface area contributed by atoms with Gasteiger partial charge in [-0.05, 0) is 44.8 Å². The van der Waals surface area contributed by atoms with Gasteiger partial charge in [-0.2, -0.15) is 0 Å². The first-order valence-corrected chi connectivity index (χ1v) is 6.72. The molecule has 4 nitrogen and oxygen atoms in total. The van der Waals surface area contributed by atoms with Crippen molar-refractivity contribution in [1.29, 1.82) is 0 Å². The van der Waals surface area contributed by atoms with Crippen LogP contribution < -0.4 is 10.2 Å². The monoisotopic (exact) mass is 304 g/mol. The van der Waals surface area contributed by atoms with E-state index < -0.39 is 0 Å². The van der Waals surface area contributed by atoms with Gasteiger partial charge in [0.15, 0.2) is 0 Å². The quantitative estimate of drug-likeness (QED) is 0.911. The molecule has 0 unspecified atom stereocenters. The lowest BCUT2D eigenvalue weighted by Gasteiger charge is -2.23. The predicted octanol–water partition coefficient (Wildman–Crippen LogP) is 2.39. The highest BCUT2D eigenvalue weighted by molar-refractivity contribution is 5.85. The number of halogens is 2. The second-order valence-corrected chi connectivity index (χ2v) is 4.99. The highest BCUT2D eigenvalue weighted by Gasteiger charge is 2.20. The summed E-state index contributed by atoms with van der Waals surface area (Å²) in [5.74, 6) is 2.74. The first-order valence-electron chi connectivity index (χ1n) is 6.72. The van der Waals surface area contributed by atoms with E-state index in [9.17, 15) is 0 Å². The van der Waals surface area contributed by atoms with Crippen LogP contribution in [0.15, 0.2) is 12.3 Å². The van der Waals surface area contributed by atoms with Crippen molar-refractivity contribution in [3.05, 3.63) is 18.1 Å². The molecule has 0 aliphatic carbocycles. The summed E-state index contributed by atoms with van der Waals surface area (Å²) in [7, 11) is 0. The molecule has 1 aromatic rings. The number of nitrogens with zero attached hydrogens (tertiary/aromatic N) is 3. The average molecular weight is 305 g/mol. The van der Waals surface area contributed by atoms with E-state index in [0.29, 0.717) is 5.92 Å². The van der Waals surface area contributed by atoms with Crippen LogP contribution in [0.3, 0.4) is 0 Å². The topological polar surface area (TPSA) is 41.1 Å². The summed E-state index contributed by atoms with van der Waals surface area (Å²) >= 11 is 0. The Morgan fingerprint density at radius 1 is 1.11 bits per heavy atom. The largest absolute Gasteiger partial charge is 0.357 e. The molecule has 1 N–H and O–H groups in total. The molecule has 3 heterocycles. The highest BCUT2D eigenvalue weighted by Crippen LogP contribution is 2.24. The molecule has 0 saturated carbocycles. The lowest BCUT2D eigenvalue weighted by atomic mass is 9.97. The number of hydrogen-bond acceptors (Lipinski definition) is 4. The van der Waals surface area contributed by atoms with E-state index in [0.717, 1.165) is 37.8 Å². The van der Waals surface area contributed by atoms with Crippen molar-refractivity contribution in [3.63, 3.8) is 0 Å². The minimum absolute atomic E-state index is 0. The molecule has 1 aromatic heterocycles. The van der Waals surface area contributed by atoms with E-state index in [-0.39, 0.29) is 24.8 Å². The molecule has 19 heavy (non-hydrogen) atoms. The van der Waals surface area contributed by atoms with Gasteiger partial charge < -0.3 is 10.2 Å². The third-order valence-corrected chi connectivity index (χ3v) is 3.79. The van der Waals surface area contributed by atoms with Crippen LogP contribution in [0.2, 0.25) is 0 Å². The maximum absolute atomic E-state index is 4.77. The Kier molecular flexibility index (Phi) is 6.83. The number of aromatic nitrogens is 2. The first-order chi connectivity index (χ1) is 8.43. The van der Waals surface area contributed by atoms with Gasteiger partial charge in [0.05, 0.1) is 0 Å². The molecular weight excluding hydrogens is 283 g/mol. The molecule has 0 amide bonds. The Labute approximate surface area is 127 Å². The third kappa shape index (κ3) is 3.94. The molecule has 2 fully saturated rings. The lowest BCUT2D eigenvalue weighted by molar-refractivity contribution is 0.445. The maximum Gasteiger partial charge on any atom is 0.133 e. The van der Waals surface area contributed by atoms with E-state index in [1.54, 1.807) is 0 Å². The van der Waals surface area contributed by atoms with Crippen LogP contribution >= 0.6 is 24.8 Å². The summed E-state index contributed by atoms with van der Waals surface area (Å²) in [5.41, 5.74) is 0. The van der Waals surface area contributed by atoms with Gasteiger partial charge in [0.2, 0.25) is 0 Å². The Bertz CT molecular complexity index is 377. The van der Waals surface area contributed by atoms with E-state index in [2.05, 4.69) is 21.3 Å². The fraction of sp³-hybridized carbons (Fsp3) is 0.692. The first kappa shape index (κ1) is 16.5. The molecule has 2 aliphatic heterocycles. The SMILES string of the molecule is Cl.Cl.c1cc(N2CCCC2)nc(C2CCNCC2)n1. The van der Waals surface area contributed by atoms with Crippen molar-refractivity contribution in [2.75, 3.05) is 31.1 Å². The van der Waals surface area contributed by atoms with Crippen molar-refractivity contribution in [3.8, 4) is 0 Å². The zero-order valence-corrected chi connectivity index (χ0v) is 12.7. The molecule has 0 aromatic carbocycles. The van der Waals surface area contributed by atoms with Crippen LogP contribution in [0.4, 0.5) is 5.82 Å². The molecule has 0 bridgehead atoms. The molecule has 0 atom stereocenters. The Morgan fingerprint density at radius 2 is 1.79 bits per heavy atom. The molecule has 0 spiro atoms. The minimum atomic E-state index is 0. The standard InChI is InChI=1S/C13H20N4.2ClH/c1-2-10-17(9-1)12-5-8-15-13(16-12)11-3-6-14-7-4-11;;/h5,8,11,14H,1-4,6-7,9-10H2;2*1H. The van der Waals surface area contributed by atoms with E-state index >= 15 is 0 Å². The van der Waals surface area contributed by atoms with Gasteiger partial charge in [-0.3, -0.25) is 0 Å². The van der Waals surface area contributed by atoms with Gasteiger partial charge in [0.25, 0.3) is 0 Å². The lowest BCUT2D eigenvalue weighted by Crippen LogP contribution is -2.28. The van der Waals surface area contributed by atoms with Crippen molar-refractivity contribution in [2.24, 2.45) is 0 Å². The van der Waals surface area contributed by atoms with E-state index in [1.807, 2.05) is 6.20 Å². The van der Waals surface area contributed by atoms with Gasteiger partial charge in [0.1, 0.15) is 11.6 Å². The predicted molar refractivity (Wildman–Crippen MR) is 82.8 cm³/mol. The second kappa shape index (κ2) is 7.88. The maximum atomic E-state index is 4.77. The molecule has 6 heteroatoms. The van der Waals surface area contributed by atoms with Crippen LogP contribution in [-0.4, -0.2) is 36.1 Å². The third-order valence-electron chi connectivity index (χ3n) is 3.79. The van der Waals surface area contributed by atoms with Crippen molar-refractivity contribution in [1.82, 2.24) is 15.3 Å². The molecule has 108 valence electrons. The fourth-order valence-corrected chi connectivity index (χ4v) is 2.76. The Balaban J connectivity index is 0.000000902. The molecule has 3 rings (SSSR count). The Morgan fingerprint density at radius 3 is 2.47 bits per heavy atom. The highest BCUT2D eigenvalue weighted by atomic mass is 35.5. The van der Waals surface area contributed by atoms with Gasteiger partial charge in [0, 0.05) is 25.2 Å². The number of nitrogens with one attached hydrogen (secondary N) is 1. The fourth-order valence-electron chi connectivity index (χ4n) is 2.76. The molecular formula is C13H22Cl2N4. The van der Waals surface area contributed by atoms with Crippen LogP contribution in [0.5, 0.6) is 0 Å². The zero-order valence-electron chi connectivity index (χ0n) is 11.0. The van der Waals surface area contributed by atoms with Crippen molar-refractivity contribution < 1.29 is 0 Å². The van der Waals surface area contributed by atoms with E-state index in [1.165, 1.54) is 25.7 Å². The number of anilines is 1. The Hall–Kier alpha value is -0.580. The van der Waals surface area contributed by atoms with Gasteiger partial charge in [-0.25, -0.2) is 9.97 Å². The summed E-state index contributed by atoms with van der Waals surface area (Å²) < 4.78 is 0. The summed E-state index contributed by atoms with van der Waals surface area (Å²) in [6.07, 6.45) is 6.87. The van der Waals surface area contributed by atoms with Gasteiger partial charge >= 0.3 is 0 Å². The number of piperidine rings is 1. The van der Waals surface area contributed by atoms with Crippen molar-refractivity contribution >= 4 is 30.6 Å². The van der Waals surface area contributed by atoms with Crippen LogP contribution in [0, 0.1) is 0 Å². The molecule has 0 radical (unpaired) electrons. The van der Waals surface area contributed by atoms with E-state index in [4.69, 9.17) is 4.98 Å². The van der Waals surface area contributed by atoms with Crippen LogP contribution in [0.1, 0.15) is 37.4 Å². The average Bonchev–Trinajstić information content (AvgIpc) is 2.94. The van der Waals surface area contributed by atoms with Gasteiger partial charge in [-0.15, -0.1) is 24.8 Å². The summed E-state index contributed by atoms with van der Waals surface area (Å²) in [6, 6.07) is 2.05. The van der Waals surface area contributed by atoms with Crippen molar-refractivity contribution in [2.45, 2.75) is 31.6 Å². The number of hydrogen-bond donors (Lipinski definition) is 1. The smallest absolute Gasteiger partial charge is 0.133 e. The summed E-state index contributed by atoms with van der Waals surface area (Å²) in [6.45, 7) is 4.51. The summed E-state index contributed by atoms with van der Waals surface area (Å²) in [4.78, 5) is 11.6. The second-order valence-electron chi connectivity index (χ2n) is 4.99. The molecule has 2 aliphatic rings. The number of rotatable bonds is 2.